The van der Waals surface area contributed by atoms with Gasteiger partial charge in [-0.25, -0.2) is 0 Å². The normalized spacial score (nSPS) is 20.6. The molecule has 1 atom stereocenters. The molecule has 0 aliphatic carbocycles. The third kappa shape index (κ3) is 2.81. The van der Waals surface area contributed by atoms with Crippen LogP contribution in [-0.4, -0.2) is 13.1 Å². The van der Waals surface area contributed by atoms with Crippen molar-refractivity contribution in [3.05, 3.63) is 29.8 Å². The molecule has 2 rings (SSSR count). The summed E-state index contributed by atoms with van der Waals surface area (Å²) in [6.07, 6.45) is 2.28. The molecule has 2 heteroatoms. The van der Waals surface area contributed by atoms with Crippen LogP contribution in [0.25, 0.3) is 0 Å². The van der Waals surface area contributed by atoms with Gasteiger partial charge in [0.2, 0.25) is 0 Å². The van der Waals surface area contributed by atoms with Crippen molar-refractivity contribution >= 4 is 5.69 Å². The topological polar surface area (TPSA) is 29.3 Å². The molecule has 1 aliphatic heterocycles. The Morgan fingerprint density at radius 2 is 1.94 bits per heavy atom. The summed E-state index contributed by atoms with van der Waals surface area (Å²) < 4.78 is 0. The van der Waals surface area contributed by atoms with Crippen LogP contribution in [0.1, 0.15) is 45.2 Å². The molecule has 2 nitrogen and oxygen atoms in total. The summed E-state index contributed by atoms with van der Waals surface area (Å²) in [5.74, 6) is 0. The highest BCUT2D eigenvalue weighted by molar-refractivity contribution is 5.49. The fourth-order valence-corrected chi connectivity index (χ4v) is 2.50. The van der Waals surface area contributed by atoms with E-state index in [0.29, 0.717) is 5.41 Å². The van der Waals surface area contributed by atoms with E-state index in [0.717, 1.165) is 13.0 Å². The molecule has 0 bridgehead atoms. The highest BCUT2D eigenvalue weighted by atomic mass is 15.2. The number of anilines is 1. The van der Waals surface area contributed by atoms with E-state index >= 15 is 0 Å². The van der Waals surface area contributed by atoms with E-state index in [4.69, 9.17) is 5.73 Å². The molecule has 94 valence electrons. The van der Waals surface area contributed by atoms with Gasteiger partial charge in [-0.05, 0) is 36.0 Å². The van der Waals surface area contributed by atoms with Crippen LogP contribution >= 0.6 is 0 Å². The lowest BCUT2D eigenvalue weighted by molar-refractivity contribution is 0.418. The average molecular weight is 232 g/mol. The first-order valence-corrected chi connectivity index (χ1v) is 6.62. The molecule has 1 saturated heterocycles. The Kier molecular flexibility index (Phi) is 3.43. The Morgan fingerprint density at radius 3 is 2.41 bits per heavy atom. The Bertz CT molecular complexity index is 367. The van der Waals surface area contributed by atoms with Crippen LogP contribution < -0.4 is 10.6 Å². The molecular weight excluding hydrogens is 208 g/mol. The van der Waals surface area contributed by atoms with Gasteiger partial charge in [0.05, 0.1) is 0 Å². The number of hydrogen-bond donors (Lipinski definition) is 1. The van der Waals surface area contributed by atoms with Crippen molar-refractivity contribution in [2.75, 3.05) is 18.0 Å². The first-order valence-electron chi connectivity index (χ1n) is 6.62. The second-order valence-corrected chi connectivity index (χ2v) is 5.94. The van der Waals surface area contributed by atoms with E-state index in [9.17, 15) is 0 Å². The summed E-state index contributed by atoms with van der Waals surface area (Å²) in [6.45, 7) is 9.14. The number of benzene rings is 1. The van der Waals surface area contributed by atoms with Gasteiger partial charge in [-0.1, -0.05) is 32.9 Å². The van der Waals surface area contributed by atoms with Crippen LogP contribution in [0.5, 0.6) is 0 Å². The average Bonchev–Trinajstić information content (AvgIpc) is 2.69. The molecule has 0 spiro atoms. The molecule has 0 amide bonds. The number of nitrogens with zero attached hydrogens (tertiary/aromatic N) is 1. The molecule has 17 heavy (non-hydrogen) atoms. The Hall–Kier alpha value is -1.02. The second-order valence-electron chi connectivity index (χ2n) is 5.94. The first-order chi connectivity index (χ1) is 8.02. The lowest BCUT2D eigenvalue weighted by atomic mass is 9.93. The van der Waals surface area contributed by atoms with Crippen molar-refractivity contribution in [1.82, 2.24) is 0 Å². The van der Waals surface area contributed by atoms with Gasteiger partial charge in [0.1, 0.15) is 0 Å². The zero-order chi connectivity index (χ0) is 12.5. The fraction of sp³-hybridized carbons (Fsp3) is 0.600. The van der Waals surface area contributed by atoms with Gasteiger partial charge in [-0.15, -0.1) is 0 Å². The van der Waals surface area contributed by atoms with E-state index in [1.165, 1.54) is 24.2 Å². The lowest BCUT2D eigenvalue weighted by Crippen LogP contribution is -2.22. The zero-order valence-electron chi connectivity index (χ0n) is 11.2. The summed E-state index contributed by atoms with van der Waals surface area (Å²) in [4.78, 5) is 2.47. The molecule has 1 aliphatic rings. The quantitative estimate of drug-likeness (QED) is 0.866. The van der Waals surface area contributed by atoms with Crippen molar-refractivity contribution in [3.8, 4) is 0 Å². The SMILES string of the molecule is CCC(N)c1ccc(N2CCC(C)(C)C2)cc1. The van der Waals surface area contributed by atoms with Gasteiger partial charge in [0, 0.05) is 24.8 Å². The number of nitrogens with two attached hydrogens (primary N) is 1. The monoisotopic (exact) mass is 232 g/mol. The minimum atomic E-state index is 0.180. The van der Waals surface area contributed by atoms with E-state index in [2.05, 4.69) is 49.9 Å². The maximum absolute atomic E-state index is 6.03. The summed E-state index contributed by atoms with van der Waals surface area (Å²) >= 11 is 0. The second kappa shape index (κ2) is 4.69. The third-order valence-corrected chi connectivity index (χ3v) is 3.80. The largest absolute Gasteiger partial charge is 0.371 e. The highest BCUT2D eigenvalue weighted by Gasteiger charge is 2.29. The van der Waals surface area contributed by atoms with Crippen molar-refractivity contribution < 1.29 is 0 Å². The summed E-state index contributed by atoms with van der Waals surface area (Å²) in [7, 11) is 0. The van der Waals surface area contributed by atoms with Crippen molar-refractivity contribution in [2.45, 2.75) is 39.7 Å². The van der Waals surface area contributed by atoms with Gasteiger partial charge in [-0.2, -0.15) is 0 Å². The summed E-state index contributed by atoms with van der Waals surface area (Å²) in [6, 6.07) is 8.96. The molecule has 2 N–H and O–H groups in total. The standard InChI is InChI=1S/C15H24N2/c1-4-14(16)12-5-7-13(8-6-12)17-10-9-15(2,3)11-17/h5-8,14H,4,9-11,16H2,1-3H3. The fourth-order valence-electron chi connectivity index (χ4n) is 2.50. The van der Waals surface area contributed by atoms with Gasteiger partial charge in [0.25, 0.3) is 0 Å². The van der Waals surface area contributed by atoms with E-state index in [1.807, 2.05) is 0 Å². The van der Waals surface area contributed by atoms with Gasteiger partial charge >= 0.3 is 0 Å². The first kappa shape index (κ1) is 12.4. The molecule has 0 aromatic heterocycles. The molecule has 1 fully saturated rings. The van der Waals surface area contributed by atoms with Crippen molar-refractivity contribution in [3.63, 3.8) is 0 Å². The zero-order valence-corrected chi connectivity index (χ0v) is 11.2. The highest BCUT2D eigenvalue weighted by Crippen LogP contribution is 2.32. The molecule has 0 saturated carbocycles. The minimum Gasteiger partial charge on any atom is -0.371 e. The Morgan fingerprint density at radius 1 is 1.29 bits per heavy atom. The maximum atomic E-state index is 6.03. The Balaban J connectivity index is 2.09. The third-order valence-electron chi connectivity index (χ3n) is 3.80. The van der Waals surface area contributed by atoms with Crippen LogP contribution in [0.3, 0.4) is 0 Å². The van der Waals surface area contributed by atoms with E-state index < -0.39 is 0 Å². The molecule has 1 heterocycles. The molecule has 1 aromatic carbocycles. The molecular formula is C15H24N2. The molecule has 0 radical (unpaired) electrons. The van der Waals surface area contributed by atoms with Gasteiger partial charge in [-0.3, -0.25) is 0 Å². The smallest absolute Gasteiger partial charge is 0.0366 e. The number of rotatable bonds is 3. The number of hydrogen-bond acceptors (Lipinski definition) is 2. The predicted molar refractivity (Wildman–Crippen MR) is 74.3 cm³/mol. The van der Waals surface area contributed by atoms with Crippen LogP contribution in [-0.2, 0) is 0 Å². The minimum absolute atomic E-state index is 0.180. The van der Waals surface area contributed by atoms with E-state index in [-0.39, 0.29) is 6.04 Å². The van der Waals surface area contributed by atoms with Crippen LogP contribution in [0, 0.1) is 5.41 Å². The van der Waals surface area contributed by atoms with Crippen molar-refractivity contribution in [2.24, 2.45) is 11.1 Å². The predicted octanol–water partition coefficient (Wildman–Crippen LogP) is 3.33. The Labute approximate surface area is 105 Å². The van der Waals surface area contributed by atoms with Crippen LogP contribution in [0.4, 0.5) is 5.69 Å². The van der Waals surface area contributed by atoms with Gasteiger partial charge in [0.15, 0.2) is 0 Å². The van der Waals surface area contributed by atoms with Crippen molar-refractivity contribution in [1.29, 1.82) is 0 Å². The van der Waals surface area contributed by atoms with Crippen LogP contribution in [0.2, 0.25) is 0 Å². The summed E-state index contributed by atoms with van der Waals surface area (Å²) in [5.41, 5.74) is 9.06. The lowest BCUT2D eigenvalue weighted by Gasteiger charge is -2.22. The van der Waals surface area contributed by atoms with Crippen LogP contribution in [0.15, 0.2) is 24.3 Å². The maximum Gasteiger partial charge on any atom is 0.0366 e. The van der Waals surface area contributed by atoms with E-state index in [1.54, 1.807) is 0 Å². The molecule has 1 unspecified atom stereocenters. The molecule has 1 aromatic rings. The summed E-state index contributed by atoms with van der Waals surface area (Å²) in [5, 5.41) is 0. The van der Waals surface area contributed by atoms with Gasteiger partial charge < -0.3 is 10.6 Å².